The minimum atomic E-state index is 0.430. The lowest BCUT2D eigenvalue weighted by Crippen LogP contribution is -2.33. The van der Waals surface area contributed by atoms with Crippen molar-refractivity contribution in [1.29, 1.82) is 0 Å². The van der Waals surface area contributed by atoms with Gasteiger partial charge in [0.1, 0.15) is 5.82 Å². The van der Waals surface area contributed by atoms with Crippen LogP contribution in [0.3, 0.4) is 0 Å². The van der Waals surface area contributed by atoms with Crippen LogP contribution in [0.4, 0.5) is 5.82 Å². The monoisotopic (exact) mass is 226 g/mol. The molecule has 1 aromatic rings. The maximum absolute atomic E-state index is 5.65. The Labute approximate surface area is 94.4 Å². The molecule has 0 radical (unpaired) electrons. The highest BCUT2D eigenvalue weighted by Gasteiger charge is 2.12. The molecule has 0 amide bonds. The van der Waals surface area contributed by atoms with Crippen LogP contribution in [0.25, 0.3) is 0 Å². The van der Waals surface area contributed by atoms with E-state index in [0.717, 1.165) is 25.5 Å². The maximum atomic E-state index is 5.65. The van der Waals surface area contributed by atoms with E-state index in [-0.39, 0.29) is 0 Å². The van der Waals surface area contributed by atoms with Gasteiger partial charge >= 0.3 is 0 Å². The van der Waals surface area contributed by atoms with E-state index < -0.39 is 0 Å². The Morgan fingerprint density at radius 2 is 2.40 bits per heavy atom. The van der Waals surface area contributed by atoms with E-state index in [1.54, 1.807) is 6.07 Å². The molecule has 0 saturated carbocycles. The fraction of sp³-hybridized carbons (Fsp3) is 0.600. The SMILES string of the molecule is Clc1ccc(NCC2CCCNC2)nn1. The van der Waals surface area contributed by atoms with Crippen molar-refractivity contribution in [2.75, 3.05) is 25.0 Å². The zero-order valence-electron chi connectivity index (χ0n) is 8.54. The van der Waals surface area contributed by atoms with E-state index in [0.29, 0.717) is 11.1 Å². The molecule has 15 heavy (non-hydrogen) atoms. The molecule has 1 aliphatic rings. The van der Waals surface area contributed by atoms with Gasteiger partial charge in [-0.05, 0) is 44.0 Å². The molecule has 1 aliphatic heterocycles. The minimum Gasteiger partial charge on any atom is -0.368 e. The van der Waals surface area contributed by atoms with E-state index in [1.807, 2.05) is 6.07 Å². The lowest BCUT2D eigenvalue weighted by atomic mass is 10.00. The number of aromatic nitrogens is 2. The Balaban J connectivity index is 1.79. The molecule has 0 aromatic carbocycles. The molecule has 0 bridgehead atoms. The van der Waals surface area contributed by atoms with Crippen molar-refractivity contribution < 1.29 is 0 Å². The third-order valence-corrected chi connectivity index (χ3v) is 2.80. The predicted octanol–water partition coefficient (Wildman–Crippen LogP) is 1.54. The summed E-state index contributed by atoms with van der Waals surface area (Å²) in [4.78, 5) is 0. The van der Waals surface area contributed by atoms with Crippen LogP contribution in [0, 0.1) is 5.92 Å². The van der Waals surface area contributed by atoms with Gasteiger partial charge in [0, 0.05) is 6.54 Å². The molecule has 0 spiro atoms. The summed E-state index contributed by atoms with van der Waals surface area (Å²) in [7, 11) is 0. The Bertz CT molecular complexity index is 295. The van der Waals surface area contributed by atoms with Gasteiger partial charge in [0.2, 0.25) is 0 Å². The lowest BCUT2D eigenvalue weighted by molar-refractivity contribution is 0.392. The van der Waals surface area contributed by atoms with Crippen molar-refractivity contribution in [3.05, 3.63) is 17.3 Å². The average Bonchev–Trinajstić information content (AvgIpc) is 2.30. The summed E-state index contributed by atoms with van der Waals surface area (Å²) in [5.74, 6) is 1.49. The molecular weight excluding hydrogens is 212 g/mol. The van der Waals surface area contributed by atoms with Gasteiger partial charge in [-0.3, -0.25) is 0 Å². The smallest absolute Gasteiger partial charge is 0.151 e. The number of halogens is 1. The number of hydrogen-bond donors (Lipinski definition) is 2. The van der Waals surface area contributed by atoms with E-state index >= 15 is 0 Å². The van der Waals surface area contributed by atoms with Crippen LogP contribution in [0.1, 0.15) is 12.8 Å². The van der Waals surface area contributed by atoms with Crippen LogP contribution in [-0.4, -0.2) is 29.8 Å². The second-order valence-corrected chi connectivity index (χ2v) is 4.22. The van der Waals surface area contributed by atoms with Crippen LogP contribution in [0.15, 0.2) is 12.1 Å². The third-order valence-electron chi connectivity index (χ3n) is 2.60. The second-order valence-electron chi connectivity index (χ2n) is 3.83. The van der Waals surface area contributed by atoms with Crippen molar-refractivity contribution in [3.63, 3.8) is 0 Å². The molecule has 1 unspecified atom stereocenters. The van der Waals surface area contributed by atoms with Gasteiger partial charge in [-0.1, -0.05) is 11.6 Å². The van der Waals surface area contributed by atoms with Crippen LogP contribution in [-0.2, 0) is 0 Å². The molecule has 5 heteroatoms. The fourth-order valence-electron chi connectivity index (χ4n) is 1.76. The molecule has 2 heterocycles. The maximum Gasteiger partial charge on any atom is 0.151 e. The Kier molecular flexibility index (Phi) is 3.75. The first kappa shape index (κ1) is 10.6. The highest BCUT2D eigenvalue weighted by Crippen LogP contribution is 2.11. The van der Waals surface area contributed by atoms with Crippen molar-refractivity contribution in [2.45, 2.75) is 12.8 Å². The fourth-order valence-corrected chi connectivity index (χ4v) is 1.86. The largest absolute Gasteiger partial charge is 0.368 e. The Morgan fingerprint density at radius 1 is 1.47 bits per heavy atom. The van der Waals surface area contributed by atoms with E-state index in [9.17, 15) is 0 Å². The summed E-state index contributed by atoms with van der Waals surface area (Å²) < 4.78 is 0. The summed E-state index contributed by atoms with van der Waals surface area (Å²) in [6, 6.07) is 3.60. The van der Waals surface area contributed by atoms with Gasteiger partial charge < -0.3 is 10.6 Å². The van der Waals surface area contributed by atoms with Gasteiger partial charge in [-0.2, -0.15) is 0 Å². The number of piperidine rings is 1. The van der Waals surface area contributed by atoms with E-state index in [1.165, 1.54) is 12.8 Å². The van der Waals surface area contributed by atoms with Gasteiger partial charge in [-0.25, -0.2) is 0 Å². The third kappa shape index (κ3) is 3.32. The zero-order valence-corrected chi connectivity index (χ0v) is 9.30. The highest BCUT2D eigenvalue weighted by atomic mass is 35.5. The first-order valence-electron chi connectivity index (χ1n) is 5.28. The van der Waals surface area contributed by atoms with Crippen LogP contribution in [0.2, 0.25) is 5.15 Å². The second kappa shape index (κ2) is 5.28. The molecule has 1 atom stereocenters. The molecule has 2 N–H and O–H groups in total. The minimum absolute atomic E-state index is 0.430. The first-order chi connectivity index (χ1) is 7.34. The molecule has 0 aliphatic carbocycles. The van der Waals surface area contributed by atoms with Gasteiger partial charge in [0.15, 0.2) is 5.15 Å². The van der Waals surface area contributed by atoms with Crippen LogP contribution >= 0.6 is 11.6 Å². The molecular formula is C10H15ClN4. The molecule has 4 nitrogen and oxygen atoms in total. The number of hydrogen-bond acceptors (Lipinski definition) is 4. The zero-order chi connectivity index (χ0) is 10.5. The van der Waals surface area contributed by atoms with Crippen LogP contribution in [0.5, 0.6) is 0 Å². The first-order valence-corrected chi connectivity index (χ1v) is 5.66. The quantitative estimate of drug-likeness (QED) is 0.821. The van der Waals surface area contributed by atoms with Gasteiger partial charge in [0.05, 0.1) is 0 Å². The lowest BCUT2D eigenvalue weighted by Gasteiger charge is -2.22. The Morgan fingerprint density at radius 3 is 3.07 bits per heavy atom. The number of nitrogens with zero attached hydrogens (tertiary/aromatic N) is 2. The van der Waals surface area contributed by atoms with Gasteiger partial charge in [0.25, 0.3) is 0 Å². The standard InChI is InChI=1S/C10H15ClN4/c11-9-3-4-10(15-14-9)13-7-8-2-1-5-12-6-8/h3-4,8,12H,1-2,5-7H2,(H,13,15). The number of rotatable bonds is 3. The highest BCUT2D eigenvalue weighted by molar-refractivity contribution is 6.29. The molecule has 82 valence electrons. The Hall–Kier alpha value is -0.870. The van der Waals surface area contributed by atoms with Crippen molar-refractivity contribution in [2.24, 2.45) is 5.92 Å². The summed E-state index contributed by atoms with van der Waals surface area (Å²) in [6.45, 7) is 3.19. The van der Waals surface area contributed by atoms with Crippen LogP contribution < -0.4 is 10.6 Å². The molecule has 2 rings (SSSR count). The van der Waals surface area contributed by atoms with E-state index in [2.05, 4.69) is 20.8 Å². The molecule has 1 aromatic heterocycles. The van der Waals surface area contributed by atoms with E-state index in [4.69, 9.17) is 11.6 Å². The van der Waals surface area contributed by atoms with Crippen molar-refractivity contribution in [3.8, 4) is 0 Å². The topological polar surface area (TPSA) is 49.8 Å². The summed E-state index contributed by atoms with van der Waals surface area (Å²) in [5, 5.41) is 14.8. The average molecular weight is 227 g/mol. The molecule has 1 fully saturated rings. The van der Waals surface area contributed by atoms with Crippen molar-refractivity contribution in [1.82, 2.24) is 15.5 Å². The number of nitrogens with one attached hydrogen (secondary N) is 2. The summed E-state index contributed by atoms with van der Waals surface area (Å²) in [5.41, 5.74) is 0. The normalized spacial score (nSPS) is 21.3. The van der Waals surface area contributed by atoms with Gasteiger partial charge in [-0.15, -0.1) is 10.2 Å². The number of anilines is 1. The summed E-state index contributed by atoms with van der Waals surface area (Å²) >= 11 is 5.65. The predicted molar refractivity (Wildman–Crippen MR) is 61.1 cm³/mol. The van der Waals surface area contributed by atoms with Crippen molar-refractivity contribution >= 4 is 17.4 Å². The molecule has 1 saturated heterocycles. The summed E-state index contributed by atoms with van der Waals surface area (Å²) in [6.07, 6.45) is 2.54.